The second kappa shape index (κ2) is 5.42. The van der Waals surface area contributed by atoms with Gasteiger partial charge in [-0.15, -0.1) is 4.72 Å². The molecule has 0 radical (unpaired) electrons. The topological polar surface area (TPSA) is 52.9 Å². The Balaban J connectivity index is 2.81. The Bertz CT molecular complexity index is 357. The van der Waals surface area contributed by atoms with Crippen LogP contribution in [0, 0.1) is 5.92 Å². The van der Waals surface area contributed by atoms with Gasteiger partial charge in [-0.1, -0.05) is 13.8 Å². The highest BCUT2D eigenvalue weighted by atomic mass is 32.2. The molecule has 0 aliphatic heterocycles. The van der Waals surface area contributed by atoms with Gasteiger partial charge in [-0.2, -0.15) is 5.10 Å². The van der Waals surface area contributed by atoms with Crippen LogP contribution < -0.4 is 4.72 Å². The second-order valence-electron chi connectivity index (χ2n) is 5.67. The van der Waals surface area contributed by atoms with Gasteiger partial charge in [0.25, 0.3) is 0 Å². The van der Waals surface area contributed by atoms with E-state index in [-0.39, 0.29) is 10.8 Å². The number of nitrogens with zero attached hydrogens (tertiary/aromatic N) is 2. The molecule has 0 saturated carbocycles. The third-order valence-corrected chi connectivity index (χ3v) is 4.12. The third-order valence-electron chi connectivity index (χ3n) is 2.54. The van der Waals surface area contributed by atoms with Crippen LogP contribution in [0.1, 0.15) is 46.2 Å². The normalized spacial score (nSPS) is 16.2. The lowest BCUT2D eigenvalue weighted by Gasteiger charge is -2.29. The summed E-state index contributed by atoms with van der Waals surface area (Å²) in [5.74, 6) is 0.366. The molecule has 98 valence electrons. The minimum atomic E-state index is -1.07. The number of hydrogen-bond donors (Lipinski definition) is 1. The van der Waals surface area contributed by atoms with Gasteiger partial charge in [0.1, 0.15) is 4.75 Å². The molecule has 1 N–H and O–H groups in total. The smallest absolute Gasteiger partial charge is 0.136 e. The van der Waals surface area contributed by atoms with Gasteiger partial charge in [0.15, 0.2) is 0 Å². The number of rotatable bonds is 4. The van der Waals surface area contributed by atoms with Crippen LogP contribution in [-0.2, 0) is 18.4 Å². The molecule has 1 aromatic rings. The van der Waals surface area contributed by atoms with E-state index in [0.717, 1.165) is 5.56 Å². The summed E-state index contributed by atoms with van der Waals surface area (Å²) >= 11 is -1.07. The Hall–Kier alpha value is -0.520. The molecule has 4 nitrogen and oxygen atoms in total. The number of hydrogen-bond acceptors (Lipinski definition) is 3. The van der Waals surface area contributed by atoms with Crippen molar-refractivity contribution in [2.24, 2.45) is 13.0 Å². The number of aromatic nitrogens is 2. The molecule has 0 aliphatic carbocycles. The summed E-state index contributed by atoms with van der Waals surface area (Å²) < 4.78 is 16.9. The molecule has 0 aliphatic rings. The molecule has 2 atom stereocenters. The van der Waals surface area contributed by atoms with E-state index >= 15 is 0 Å². The van der Waals surface area contributed by atoms with E-state index in [1.54, 1.807) is 4.68 Å². The molecule has 0 fully saturated rings. The zero-order chi connectivity index (χ0) is 13.2. The Morgan fingerprint density at radius 1 is 1.41 bits per heavy atom. The zero-order valence-electron chi connectivity index (χ0n) is 11.5. The van der Waals surface area contributed by atoms with Crippen LogP contribution in [0.2, 0.25) is 0 Å². The zero-order valence-corrected chi connectivity index (χ0v) is 12.3. The second-order valence-corrected chi connectivity index (χ2v) is 7.67. The summed E-state index contributed by atoms with van der Waals surface area (Å²) in [5.41, 5.74) is 1.08. The lowest BCUT2D eigenvalue weighted by atomic mass is 10.0. The fourth-order valence-electron chi connectivity index (χ4n) is 1.48. The summed E-state index contributed by atoms with van der Waals surface area (Å²) in [4.78, 5) is 0. The van der Waals surface area contributed by atoms with Crippen molar-refractivity contribution in [1.82, 2.24) is 14.5 Å². The van der Waals surface area contributed by atoms with Gasteiger partial charge < -0.3 is 4.55 Å². The highest BCUT2D eigenvalue weighted by Crippen LogP contribution is 2.25. The van der Waals surface area contributed by atoms with Gasteiger partial charge in [-0.05, 0) is 26.7 Å². The molecule has 0 saturated heterocycles. The lowest BCUT2D eigenvalue weighted by Crippen LogP contribution is -2.42. The van der Waals surface area contributed by atoms with Gasteiger partial charge in [0.05, 0.1) is 12.2 Å². The summed E-state index contributed by atoms with van der Waals surface area (Å²) in [7, 11) is 1.89. The van der Waals surface area contributed by atoms with E-state index in [0.29, 0.717) is 5.92 Å². The average Bonchev–Trinajstić information content (AvgIpc) is 2.58. The predicted molar refractivity (Wildman–Crippen MR) is 71.8 cm³/mol. The molecular formula is C12H23N3OS. The van der Waals surface area contributed by atoms with Crippen molar-refractivity contribution in [1.29, 1.82) is 0 Å². The van der Waals surface area contributed by atoms with Crippen molar-refractivity contribution in [2.75, 3.05) is 0 Å². The van der Waals surface area contributed by atoms with E-state index in [4.69, 9.17) is 0 Å². The third kappa shape index (κ3) is 4.01. The van der Waals surface area contributed by atoms with Gasteiger partial charge >= 0.3 is 0 Å². The molecule has 0 amide bonds. The van der Waals surface area contributed by atoms with E-state index in [1.807, 2.05) is 40.2 Å². The van der Waals surface area contributed by atoms with E-state index in [1.165, 1.54) is 0 Å². The highest BCUT2D eigenvalue weighted by molar-refractivity contribution is 7.90. The summed E-state index contributed by atoms with van der Waals surface area (Å²) in [5, 5.41) is 4.17. The van der Waals surface area contributed by atoms with E-state index in [2.05, 4.69) is 23.7 Å². The Morgan fingerprint density at radius 3 is 2.35 bits per heavy atom. The van der Waals surface area contributed by atoms with Crippen molar-refractivity contribution >= 4 is 11.4 Å². The van der Waals surface area contributed by atoms with E-state index in [9.17, 15) is 4.55 Å². The number of nitrogens with one attached hydrogen (secondary N) is 1. The van der Waals surface area contributed by atoms with Gasteiger partial charge in [0, 0.05) is 30.2 Å². The largest absolute Gasteiger partial charge is 0.598 e. The molecule has 1 unspecified atom stereocenters. The van der Waals surface area contributed by atoms with Crippen molar-refractivity contribution in [3.8, 4) is 0 Å². The molecule has 0 bridgehead atoms. The average molecular weight is 257 g/mol. The van der Waals surface area contributed by atoms with Crippen LogP contribution >= 0.6 is 0 Å². The molecule has 0 spiro atoms. The molecule has 1 aromatic heterocycles. The van der Waals surface area contributed by atoms with Gasteiger partial charge in [-0.25, -0.2) is 0 Å². The lowest BCUT2D eigenvalue weighted by molar-refractivity contribution is 0.452. The van der Waals surface area contributed by atoms with Crippen LogP contribution in [0.25, 0.3) is 0 Å². The first-order valence-corrected chi connectivity index (χ1v) is 7.03. The Morgan fingerprint density at radius 2 is 2.00 bits per heavy atom. The maximum Gasteiger partial charge on any atom is 0.136 e. The van der Waals surface area contributed by atoms with Crippen molar-refractivity contribution in [3.63, 3.8) is 0 Å². The maximum atomic E-state index is 12.1. The minimum Gasteiger partial charge on any atom is -0.598 e. The fraction of sp³-hybridized carbons (Fsp3) is 0.750. The SMILES string of the molecule is CC(C)[C@H](N[S+]([O-])C(C)(C)C)c1cnn(C)c1. The van der Waals surface area contributed by atoms with Gasteiger partial charge in [0.2, 0.25) is 0 Å². The molecule has 17 heavy (non-hydrogen) atoms. The van der Waals surface area contributed by atoms with Crippen LogP contribution in [0.15, 0.2) is 12.4 Å². The first-order valence-electron chi connectivity index (χ1n) is 5.88. The quantitative estimate of drug-likeness (QED) is 0.841. The minimum absolute atomic E-state index is 0.0729. The van der Waals surface area contributed by atoms with Crippen molar-refractivity contribution in [2.45, 2.75) is 45.4 Å². The standard InChI is InChI=1S/C12H23N3OS/c1-9(2)11(10-7-13-15(6)8-10)14-17(16)12(3,4)5/h7-9,11,14H,1-6H3/t11-,17?/m0/s1. The molecule has 0 aromatic carbocycles. The summed E-state index contributed by atoms with van der Waals surface area (Å²) in [6.45, 7) is 10.1. The summed E-state index contributed by atoms with van der Waals surface area (Å²) in [6, 6.07) is 0.0729. The van der Waals surface area contributed by atoms with Crippen LogP contribution in [0.4, 0.5) is 0 Å². The Kier molecular flexibility index (Phi) is 4.63. The molecule has 5 heteroatoms. The first-order chi connectivity index (χ1) is 7.71. The van der Waals surface area contributed by atoms with Crippen LogP contribution in [0.3, 0.4) is 0 Å². The molecule has 1 heterocycles. The predicted octanol–water partition coefficient (Wildman–Crippen LogP) is 2.17. The van der Waals surface area contributed by atoms with Crippen molar-refractivity contribution in [3.05, 3.63) is 18.0 Å². The molecule has 1 rings (SSSR count). The van der Waals surface area contributed by atoms with Gasteiger partial charge in [-0.3, -0.25) is 4.68 Å². The summed E-state index contributed by atoms with van der Waals surface area (Å²) in [6.07, 6.45) is 3.80. The van der Waals surface area contributed by atoms with Crippen LogP contribution in [0.5, 0.6) is 0 Å². The fourth-order valence-corrected chi connectivity index (χ4v) is 2.47. The van der Waals surface area contributed by atoms with Crippen LogP contribution in [-0.4, -0.2) is 19.1 Å². The van der Waals surface area contributed by atoms with E-state index < -0.39 is 11.4 Å². The van der Waals surface area contributed by atoms with Crippen molar-refractivity contribution < 1.29 is 4.55 Å². The maximum absolute atomic E-state index is 12.1. The number of aryl methyl sites for hydroxylation is 1. The molecular weight excluding hydrogens is 234 g/mol. The first kappa shape index (κ1) is 14.5. The monoisotopic (exact) mass is 257 g/mol. The Labute approximate surface area is 107 Å². The highest BCUT2D eigenvalue weighted by Gasteiger charge is 2.31.